The van der Waals surface area contributed by atoms with Crippen LogP contribution in [-0.4, -0.2) is 35.3 Å². The van der Waals surface area contributed by atoms with Crippen LogP contribution in [0.5, 0.6) is 5.75 Å². The van der Waals surface area contributed by atoms with Crippen LogP contribution in [0, 0.1) is 0 Å². The van der Waals surface area contributed by atoms with Crippen molar-refractivity contribution >= 4 is 0 Å². The molecule has 0 bridgehead atoms. The van der Waals surface area contributed by atoms with Gasteiger partial charge in [0.15, 0.2) is 0 Å². The minimum absolute atomic E-state index is 0.0187. The molecule has 1 fully saturated rings. The Kier molecular flexibility index (Phi) is 3.50. The molecule has 3 nitrogen and oxygen atoms in total. The lowest BCUT2D eigenvalue weighted by atomic mass is 9.89. The lowest BCUT2D eigenvalue weighted by molar-refractivity contribution is 0.0141. The first-order valence-electron chi connectivity index (χ1n) is 7.40. The molecule has 0 saturated carbocycles. The molecule has 1 saturated heterocycles. The van der Waals surface area contributed by atoms with Crippen LogP contribution in [0.1, 0.15) is 44.2 Å². The smallest absolute Gasteiger partial charge is 0.124 e. The summed E-state index contributed by atoms with van der Waals surface area (Å²) >= 11 is 0. The Labute approximate surface area is 115 Å². The fraction of sp³-hybridized carbons (Fsp3) is 0.625. The summed E-state index contributed by atoms with van der Waals surface area (Å²) in [7, 11) is 0. The van der Waals surface area contributed by atoms with Crippen LogP contribution >= 0.6 is 0 Å². The number of aliphatic hydroxyl groups excluding tert-OH is 1. The van der Waals surface area contributed by atoms with Gasteiger partial charge >= 0.3 is 0 Å². The average Bonchev–Trinajstić information content (AvgIpc) is 2.91. The van der Waals surface area contributed by atoms with E-state index in [2.05, 4.69) is 30.0 Å². The molecule has 0 amide bonds. The number of likely N-dealkylation sites (tertiary alicyclic amines) is 1. The number of ether oxygens (including phenoxy) is 1. The summed E-state index contributed by atoms with van der Waals surface area (Å²) < 4.78 is 5.76. The zero-order valence-electron chi connectivity index (χ0n) is 11.6. The summed E-state index contributed by atoms with van der Waals surface area (Å²) in [5, 5.41) is 9.89. The SMILES string of the molecule is CC[C@]1(CO)CCCN1[C@@H]1CCOc2ccccc21. The second-order valence-corrected chi connectivity index (χ2v) is 5.72. The molecular weight excluding hydrogens is 238 g/mol. The highest BCUT2D eigenvalue weighted by molar-refractivity contribution is 5.37. The fourth-order valence-corrected chi connectivity index (χ4v) is 3.75. The number of benzene rings is 1. The van der Waals surface area contributed by atoms with Gasteiger partial charge in [0.2, 0.25) is 0 Å². The zero-order chi connectivity index (χ0) is 13.3. The molecule has 1 aromatic carbocycles. The van der Waals surface area contributed by atoms with E-state index in [-0.39, 0.29) is 12.1 Å². The van der Waals surface area contributed by atoms with E-state index < -0.39 is 0 Å². The predicted octanol–water partition coefficient (Wildman–Crippen LogP) is 2.75. The van der Waals surface area contributed by atoms with Crippen molar-refractivity contribution in [1.82, 2.24) is 4.90 Å². The molecule has 3 heteroatoms. The van der Waals surface area contributed by atoms with E-state index >= 15 is 0 Å². The summed E-state index contributed by atoms with van der Waals surface area (Å²) in [5.74, 6) is 1.02. The van der Waals surface area contributed by atoms with Crippen LogP contribution in [0.3, 0.4) is 0 Å². The van der Waals surface area contributed by atoms with Crippen LogP contribution in [-0.2, 0) is 0 Å². The van der Waals surface area contributed by atoms with Gasteiger partial charge in [-0.05, 0) is 31.9 Å². The van der Waals surface area contributed by atoms with Gasteiger partial charge in [-0.15, -0.1) is 0 Å². The molecule has 0 aliphatic carbocycles. The molecule has 2 atom stereocenters. The number of aliphatic hydroxyl groups is 1. The van der Waals surface area contributed by atoms with E-state index in [1.165, 1.54) is 12.0 Å². The number of nitrogens with zero attached hydrogens (tertiary/aromatic N) is 1. The lowest BCUT2D eigenvalue weighted by Gasteiger charge is -2.43. The van der Waals surface area contributed by atoms with Crippen molar-refractivity contribution in [3.05, 3.63) is 29.8 Å². The van der Waals surface area contributed by atoms with E-state index in [9.17, 15) is 5.11 Å². The Morgan fingerprint density at radius 3 is 3.05 bits per heavy atom. The van der Waals surface area contributed by atoms with Gasteiger partial charge in [0, 0.05) is 23.6 Å². The highest BCUT2D eigenvalue weighted by atomic mass is 16.5. The largest absolute Gasteiger partial charge is 0.493 e. The number of rotatable bonds is 3. The molecule has 3 rings (SSSR count). The maximum absolute atomic E-state index is 9.89. The predicted molar refractivity (Wildman–Crippen MR) is 75.3 cm³/mol. The van der Waals surface area contributed by atoms with Gasteiger partial charge in [0.25, 0.3) is 0 Å². The van der Waals surface area contributed by atoms with E-state index in [4.69, 9.17) is 4.74 Å². The van der Waals surface area contributed by atoms with Crippen molar-refractivity contribution in [2.24, 2.45) is 0 Å². The highest BCUT2D eigenvalue weighted by Crippen LogP contribution is 2.44. The van der Waals surface area contributed by atoms with Gasteiger partial charge in [-0.3, -0.25) is 4.90 Å². The minimum atomic E-state index is -0.0187. The highest BCUT2D eigenvalue weighted by Gasteiger charge is 2.44. The minimum Gasteiger partial charge on any atom is -0.493 e. The third kappa shape index (κ3) is 2.05. The molecule has 1 aromatic rings. The zero-order valence-corrected chi connectivity index (χ0v) is 11.6. The van der Waals surface area contributed by atoms with Crippen molar-refractivity contribution in [3.63, 3.8) is 0 Å². The third-order valence-electron chi connectivity index (χ3n) is 4.91. The molecule has 0 unspecified atom stereocenters. The van der Waals surface area contributed by atoms with Gasteiger partial charge in [-0.25, -0.2) is 0 Å². The molecule has 0 radical (unpaired) electrons. The Hall–Kier alpha value is -1.06. The quantitative estimate of drug-likeness (QED) is 0.908. The number of hydrogen-bond donors (Lipinski definition) is 1. The molecule has 2 heterocycles. The summed E-state index contributed by atoms with van der Waals surface area (Å²) in [6.07, 6.45) is 4.34. The first-order valence-corrected chi connectivity index (χ1v) is 7.40. The Morgan fingerprint density at radius 2 is 2.26 bits per heavy atom. The molecule has 1 N–H and O–H groups in total. The second-order valence-electron chi connectivity index (χ2n) is 5.72. The third-order valence-corrected chi connectivity index (χ3v) is 4.91. The standard InChI is InChI=1S/C16H23NO2/c1-2-16(12-18)9-5-10-17(16)14-8-11-19-15-7-4-3-6-13(14)15/h3-4,6-7,14,18H,2,5,8-12H2,1H3/t14-,16-/m1/s1. The maximum Gasteiger partial charge on any atom is 0.124 e. The Balaban J connectivity index is 1.95. The fourth-order valence-electron chi connectivity index (χ4n) is 3.75. The van der Waals surface area contributed by atoms with Gasteiger partial charge in [-0.1, -0.05) is 25.1 Å². The van der Waals surface area contributed by atoms with Crippen molar-refractivity contribution < 1.29 is 9.84 Å². The van der Waals surface area contributed by atoms with Crippen LogP contribution in [0.2, 0.25) is 0 Å². The summed E-state index contributed by atoms with van der Waals surface area (Å²) in [6, 6.07) is 8.76. The maximum atomic E-state index is 9.89. The second kappa shape index (κ2) is 5.14. The van der Waals surface area contributed by atoms with Gasteiger partial charge in [-0.2, -0.15) is 0 Å². The van der Waals surface area contributed by atoms with Crippen LogP contribution < -0.4 is 4.74 Å². The number of fused-ring (bicyclic) bond motifs is 1. The lowest BCUT2D eigenvalue weighted by Crippen LogP contribution is -2.49. The van der Waals surface area contributed by atoms with Crippen molar-refractivity contribution in [2.45, 2.75) is 44.2 Å². The number of para-hydroxylation sites is 1. The van der Waals surface area contributed by atoms with E-state index in [0.717, 1.165) is 38.2 Å². The Morgan fingerprint density at radius 1 is 1.42 bits per heavy atom. The first kappa shape index (κ1) is 12.9. The average molecular weight is 261 g/mol. The first-order chi connectivity index (χ1) is 9.30. The van der Waals surface area contributed by atoms with E-state index in [1.807, 2.05) is 6.07 Å². The molecule has 2 aliphatic heterocycles. The van der Waals surface area contributed by atoms with Crippen LogP contribution in [0.15, 0.2) is 24.3 Å². The van der Waals surface area contributed by atoms with E-state index in [1.54, 1.807) is 0 Å². The van der Waals surface area contributed by atoms with Crippen molar-refractivity contribution in [2.75, 3.05) is 19.8 Å². The van der Waals surface area contributed by atoms with Crippen molar-refractivity contribution in [1.29, 1.82) is 0 Å². The molecule has 2 aliphatic rings. The summed E-state index contributed by atoms with van der Waals surface area (Å²) in [6.45, 7) is 4.33. The normalized spacial score (nSPS) is 30.9. The van der Waals surface area contributed by atoms with Gasteiger partial charge in [0.05, 0.1) is 13.2 Å². The van der Waals surface area contributed by atoms with Crippen molar-refractivity contribution in [3.8, 4) is 5.75 Å². The molecule has 104 valence electrons. The molecule has 0 aromatic heterocycles. The number of hydrogen-bond acceptors (Lipinski definition) is 3. The van der Waals surface area contributed by atoms with Gasteiger partial charge < -0.3 is 9.84 Å². The monoisotopic (exact) mass is 261 g/mol. The van der Waals surface area contributed by atoms with Crippen LogP contribution in [0.4, 0.5) is 0 Å². The molecule has 0 spiro atoms. The Bertz CT molecular complexity index is 442. The topological polar surface area (TPSA) is 32.7 Å². The van der Waals surface area contributed by atoms with Gasteiger partial charge in [0.1, 0.15) is 5.75 Å². The van der Waals surface area contributed by atoms with E-state index in [0.29, 0.717) is 6.04 Å². The molecular formula is C16H23NO2. The van der Waals surface area contributed by atoms with Crippen LogP contribution in [0.25, 0.3) is 0 Å². The summed E-state index contributed by atoms with van der Waals surface area (Å²) in [4.78, 5) is 2.54. The molecule has 19 heavy (non-hydrogen) atoms. The summed E-state index contributed by atoms with van der Waals surface area (Å²) in [5.41, 5.74) is 1.27.